The van der Waals surface area contributed by atoms with Crippen LogP contribution in [0.4, 0.5) is 4.79 Å². The van der Waals surface area contributed by atoms with Gasteiger partial charge in [-0.05, 0) is 40.5 Å². The summed E-state index contributed by atoms with van der Waals surface area (Å²) in [6.45, 7) is 11.9. The number of H-pyrrole nitrogens is 1. The van der Waals surface area contributed by atoms with Crippen LogP contribution < -0.4 is 16.6 Å². The van der Waals surface area contributed by atoms with Crippen LogP contribution in [0.25, 0.3) is 0 Å². The Hall–Kier alpha value is -2.70. The number of ether oxygens (including phenoxy) is 5. The molecule has 12 heteroatoms. The van der Waals surface area contributed by atoms with Gasteiger partial charge in [0.2, 0.25) is 0 Å². The van der Waals surface area contributed by atoms with Crippen molar-refractivity contribution in [2.24, 2.45) is 5.92 Å². The summed E-state index contributed by atoms with van der Waals surface area (Å²) in [7, 11) is 0. The fourth-order valence-corrected chi connectivity index (χ4v) is 3.83. The first-order chi connectivity index (χ1) is 15.7. The molecule has 0 aromatic carbocycles. The lowest BCUT2D eigenvalue weighted by Crippen LogP contribution is -2.48. The van der Waals surface area contributed by atoms with Gasteiger partial charge in [-0.15, -0.1) is 0 Å². The van der Waals surface area contributed by atoms with Crippen LogP contribution in [-0.2, 0) is 28.5 Å². The van der Waals surface area contributed by atoms with Gasteiger partial charge >= 0.3 is 17.8 Å². The SMILES string of the molecule is CC(C)C(NC(=O)OC(C)(C)C)C(=O)OC[C@H]1OC(n2ccc(=O)[nH]c2=O)[C@@H]2OC(C)(C)O[C@H]12. The van der Waals surface area contributed by atoms with Crippen molar-refractivity contribution in [3.8, 4) is 0 Å². The molecule has 2 aliphatic rings. The first-order valence-corrected chi connectivity index (χ1v) is 11.2. The Balaban J connectivity index is 1.71. The first-order valence-electron chi connectivity index (χ1n) is 11.2. The second-order valence-corrected chi connectivity index (χ2v) is 10.1. The lowest BCUT2D eigenvalue weighted by atomic mass is 10.1. The number of rotatable bonds is 6. The van der Waals surface area contributed by atoms with E-state index >= 15 is 0 Å². The fraction of sp³-hybridized carbons (Fsp3) is 0.727. The van der Waals surface area contributed by atoms with Gasteiger partial charge in [-0.2, -0.15) is 0 Å². The van der Waals surface area contributed by atoms with Gasteiger partial charge in [0.15, 0.2) is 12.0 Å². The van der Waals surface area contributed by atoms with Gasteiger partial charge in [-0.3, -0.25) is 14.3 Å². The maximum absolute atomic E-state index is 12.8. The normalized spacial score (nSPS) is 26.7. The molecule has 190 valence electrons. The van der Waals surface area contributed by atoms with Gasteiger partial charge in [0.1, 0.15) is 36.6 Å². The zero-order valence-corrected chi connectivity index (χ0v) is 20.4. The lowest BCUT2D eigenvalue weighted by Gasteiger charge is -2.26. The highest BCUT2D eigenvalue weighted by Crippen LogP contribution is 2.42. The van der Waals surface area contributed by atoms with Crippen LogP contribution in [0.15, 0.2) is 21.9 Å². The summed E-state index contributed by atoms with van der Waals surface area (Å²) in [4.78, 5) is 50.9. The number of carbonyl (C=O) groups is 2. The quantitative estimate of drug-likeness (QED) is 0.567. The molecular formula is C22H33N3O9. The average Bonchev–Trinajstić information content (AvgIpc) is 3.16. The molecule has 12 nitrogen and oxygen atoms in total. The molecule has 0 bridgehead atoms. The molecule has 1 aromatic rings. The number of nitrogens with one attached hydrogen (secondary N) is 2. The van der Waals surface area contributed by atoms with E-state index < -0.39 is 65.3 Å². The molecule has 0 spiro atoms. The van der Waals surface area contributed by atoms with E-state index in [0.717, 1.165) is 0 Å². The summed E-state index contributed by atoms with van der Waals surface area (Å²) in [6, 6.07) is 0.255. The summed E-state index contributed by atoms with van der Waals surface area (Å²) in [5.74, 6) is -1.89. The highest BCUT2D eigenvalue weighted by molar-refractivity contribution is 5.81. The molecule has 0 saturated carbocycles. The lowest BCUT2D eigenvalue weighted by molar-refractivity contribution is -0.203. The van der Waals surface area contributed by atoms with Crippen molar-refractivity contribution in [3.05, 3.63) is 33.1 Å². The Bertz CT molecular complexity index is 1020. The molecule has 3 rings (SSSR count). The maximum atomic E-state index is 12.8. The van der Waals surface area contributed by atoms with E-state index in [9.17, 15) is 19.2 Å². The van der Waals surface area contributed by atoms with Crippen molar-refractivity contribution in [2.75, 3.05) is 6.61 Å². The molecular weight excluding hydrogens is 450 g/mol. The van der Waals surface area contributed by atoms with Crippen LogP contribution in [0.1, 0.15) is 54.7 Å². The summed E-state index contributed by atoms with van der Waals surface area (Å²) in [5.41, 5.74) is -1.92. The predicted octanol–water partition coefficient (Wildman–Crippen LogP) is 1.05. The summed E-state index contributed by atoms with van der Waals surface area (Å²) in [5, 5.41) is 2.54. The van der Waals surface area contributed by atoms with Crippen molar-refractivity contribution in [1.29, 1.82) is 0 Å². The van der Waals surface area contributed by atoms with Gasteiger partial charge in [0, 0.05) is 12.3 Å². The third kappa shape index (κ3) is 6.05. The average molecular weight is 484 g/mol. The fourth-order valence-electron chi connectivity index (χ4n) is 3.83. The topological polar surface area (TPSA) is 147 Å². The first kappa shape index (κ1) is 25.9. The summed E-state index contributed by atoms with van der Waals surface area (Å²) in [6.07, 6.45) is -2.39. The van der Waals surface area contributed by atoms with E-state index in [1.54, 1.807) is 48.5 Å². The molecule has 0 radical (unpaired) electrons. The second-order valence-electron chi connectivity index (χ2n) is 10.1. The largest absolute Gasteiger partial charge is 0.461 e. The van der Waals surface area contributed by atoms with Gasteiger partial charge in [-0.25, -0.2) is 14.4 Å². The molecule has 2 N–H and O–H groups in total. The molecule has 0 aliphatic carbocycles. The Labute approximate surface area is 196 Å². The van der Waals surface area contributed by atoms with E-state index in [-0.39, 0.29) is 12.5 Å². The zero-order chi connectivity index (χ0) is 25.4. The van der Waals surface area contributed by atoms with Gasteiger partial charge in [0.25, 0.3) is 5.56 Å². The molecule has 2 unspecified atom stereocenters. The highest BCUT2D eigenvalue weighted by atomic mass is 16.8. The van der Waals surface area contributed by atoms with Gasteiger partial charge in [-0.1, -0.05) is 13.8 Å². The molecule has 5 atom stereocenters. The van der Waals surface area contributed by atoms with Crippen molar-refractivity contribution in [3.63, 3.8) is 0 Å². The van der Waals surface area contributed by atoms with E-state index in [1.807, 2.05) is 0 Å². The minimum absolute atomic E-state index is 0.201. The molecule has 2 saturated heterocycles. The van der Waals surface area contributed by atoms with E-state index in [2.05, 4.69) is 10.3 Å². The van der Waals surface area contributed by atoms with Crippen molar-refractivity contribution in [2.45, 2.75) is 90.4 Å². The van der Waals surface area contributed by atoms with Crippen molar-refractivity contribution >= 4 is 12.1 Å². The molecule has 34 heavy (non-hydrogen) atoms. The number of aromatic amines is 1. The number of hydrogen-bond acceptors (Lipinski definition) is 9. The molecule has 3 heterocycles. The van der Waals surface area contributed by atoms with Gasteiger partial charge in [0.05, 0.1) is 0 Å². The summed E-state index contributed by atoms with van der Waals surface area (Å²) >= 11 is 0. The van der Waals surface area contributed by atoms with Crippen LogP contribution in [0.2, 0.25) is 0 Å². The van der Waals surface area contributed by atoms with E-state index in [4.69, 9.17) is 23.7 Å². The minimum Gasteiger partial charge on any atom is -0.461 e. The highest BCUT2D eigenvalue weighted by Gasteiger charge is 2.56. The van der Waals surface area contributed by atoms with Crippen molar-refractivity contribution < 1.29 is 33.3 Å². The number of nitrogens with zero attached hydrogens (tertiary/aromatic N) is 1. The Kier molecular flexibility index (Phi) is 7.25. The predicted molar refractivity (Wildman–Crippen MR) is 118 cm³/mol. The maximum Gasteiger partial charge on any atom is 0.408 e. The Morgan fingerprint density at radius 1 is 1.21 bits per heavy atom. The molecule has 1 amide bonds. The van der Waals surface area contributed by atoms with Crippen LogP contribution >= 0.6 is 0 Å². The van der Waals surface area contributed by atoms with Crippen molar-refractivity contribution in [1.82, 2.24) is 14.9 Å². The number of hydrogen-bond donors (Lipinski definition) is 2. The number of esters is 1. The van der Waals surface area contributed by atoms with Gasteiger partial charge < -0.3 is 29.0 Å². The number of aromatic nitrogens is 2. The number of carbonyl (C=O) groups excluding carboxylic acids is 2. The second kappa shape index (κ2) is 9.51. The Morgan fingerprint density at radius 2 is 1.85 bits per heavy atom. The number of alkyl carbamates (subject to hydrolysis) is 1. The molecule has 2 aliphatic heterocycles. The Morgan fingerprint density at radius 3 is 2.44 bits per heavy atom. The zero-order valence-electron chi connectivity index (χ0n) is 20.4. The summed E-state index contributed by atoms with van der Waals surface area (Å²) < 4.78 is 29.8. The van der Waals surface area contributed by atoms with E-state index in [1.165, 1.54) is 16.8 Å². The number of amides is 1. The minimum atomic E-state index is -0.954. The third-order valence-electron chi connectivity index (χ3n) is 5.23. The molecule has 1 aromatic heterocycles. The van der Waals surface area contributed by atoms with Crippen LogP contribution in [0.3, 0.4) is 0 Å². The van der Waals surface area contributed by atoms with Crippen LogP contribution in [0.5, 0.6) is 0 Å². The number of fused-ring (bicyclic) bond motifs is 1. The monoisotopic (exact) mass is 483 g/mol. The van der Waals surface area contributed by atoms with Crippen LogP contribution in [0, 0.1) is 5.92 Å². The van der Waals surface area contributed by atoms with E-state index in [0.29, 0.717) is 0 Å². The third-order valence-corrected chi connectivity index (χ3v) is 5.23. The van der Waals surface area contributed by atoms with Crippen LogP contribution in [-0.4, -0.2) is 64.0 Å². The standard InChI is InChI=1S/C22H33N3O9/c1-11(2)14(24-20(29)34-21(3,4)5)18(27)30-10-12-15-16(33-22(6,7)32-15)17(31-12)25-9-8-13(26)23-19(25)28/h8-9,11-12,14-17H,10H2,1-7H3,(H,24,29)(H,23,26,28)/t12-,14?,15-,16-,17?/m1/s1. The smallest absolute Gasteiger partial charge is 0.408 e. The molecule has 2 fully saturated rings.